The minimum absolute atomic E-state index is 0.949. The molecule has 0 aliphatic heterocycles. The average molecular weight is 123 g/mol. The van der Waals surface area contributed by atoms with Crippen LogP contribution in [0.4, 0.5) is 0 Å². The number of hydrogen-bond donors (Lipinski definition) is 0. The SMILES string of the molecule is CC[CH]CC1CC=CC1. The molecule has 0 aromatic rings. The lowest BCUT2D eigenvalue weighted by atomic mass is 10.0. The Hall–Kier alpha value is -0.260. The number of rotatable bonds is 3. The van der Waals surface area contributed by atoms with Crippen LogP contribution in [0.25, 0.3) is 0 Å². The zero-order valence-corrected chi connectivity index (χ0v) is 6.14. The molecule has 0 nitrogen and oxygen atoms in total. The molecule has 51 valence electrons. The van der Waals surface area contributed by atoms with Gasteiger partial charge in [-0.05, 0) is 31.6 Å². The maximum atomic E-state index is 2.39. The van der Waals surface area contributed by atoms with Gasteiger partial charge in [0.2, 0.25) is 0 Å². The second-order valence-corrected chi connectivity index (χ2v) is 2.74. The van der Waals surface area contributed by atoms with E-state index in [1.165, 1.54) is 25.7 Å². The predicted octanol–water partition coefficient (Wildman–Crippen LogP) is 2.96. The highest BCUT2D eigenvalue weighted by Gasteiger charge is 2.07. The standard InChI is InChI=1S/C9H15/c1-2-3-6-9-7-4-5-8-9/h3-5,9H,2,6-8H2,1H3. The van der Waals surface area contributed by atoms with Crippen LogP contribution in [0.1, 0.15) is 32.6 Å². The average Bonchev–Trinajstić information content (AvgIpc) is 2.34. The first kappa shape index (κ1) is 6.85. The van der Waals surface area contributed by atoms with Gasteiger partial charge in [-0.15, -0.1) is 0 Å². The summed E-state index contributed by atoms with van der Waals surface area (Å²) in [6, 6.07) is 0. The summed E-state index contributed by atoms with van der Waals surface area (Å²) < 4.78 is 0. The van der Waals surface area contributed by atoms with Gasteiger partial charge in [0.25, 0.3) is 0 Å². The Balaban J connectivity index is 2.01. The van der Waals surface area contributed by atoms with E-state index in [0.717, 1.165) is 5.92 Å². The molecule has 0 heteroatoms. The van der Waals surface area contributed by atoms with E-state index in [9.17, 15) is 0 Å². The van der Waals surface area contributed by atoms with Gasteiger partial charge in [-0.25, -0.2) is 0 Å². The normalized spacial score (nSPS) is 19.2. The molecule has 1 rings (SSSR count). The topological polar surface area (TPSA) is 0 Å². The van der Waals surface area contributed by atoms with Gasteiger partial charge in [0.1, 0.15) is 0 Å². The van der Waals surface area contributed by atoms with Crippen LogP contribution in [0.15, 0.2) is 12.2 Å². The van der Waals surface area contributed by atoms with E-state index in [2.05, 4.69) is 25.5 Å². The molecule has 1 aliphatic rings. The summed E-state index contributed by atoms with van der Waals surface area (Å²) in [6.45, 7) is 2.21. The van der Waals surface area contributed by atoms with E-state index in [-0.39, 0.29) is 0 Å². The molecule has 0 saturated heterocycles. The van der Waals surface area contributed by atoms with Crippen molar-refractivity contribution in [3.8, 4) is 0 Å². The first-order valence-electron chi connectivity index (χ1n) is 3.90. The van der Waals surface area contributed by atoms with E-state index in [0.29, 0.717) is 0 Å². The Kier molecular flexibility index (Phi) is 2.82. The molecule has 0 aromatic heterocycles. The summed E-state index contributed by atoms with van der Waals surface area (Å²) >= 11 is 0. The molecule has 0 unspecified atom stereocenters. The molecule has 0 saturated carbocycles. The highest BCUT2D eigenvalue weighted by atomic mass is 14.1. The molecular weight excluding hydrogens is 108 g/mol. The molecule has 1 aliphatic carbocycles. The molecule has 0 amide bonds. The van der Waals surface area contributed by atoms with Crippen molar-refractivity contribution in [1.29, 1.82) is 0 Å². The van der Waals surface area contributed by atoms with Gasteiger partial charge in [-0.3, -0.25) is 0 Å². The summed E-state index contributed by atoms with van der Waals surface area (Å²) in [6.07, 6.45) is 12.2. The summed E-state index contributed by atoms with van der Waals surface area (Å²) in [5.74, 6) is 0.949. The van der Waals surface area contributed by atoms with Crippen molar-refractivity contribution in [2.24, 2.45) is 5.92 Å². The third-order valence-corrected chi connectivity index (χ3v) is 1.89. The maximum absolute atomic E-state index is 2.39. The molecule has 0 atom stereocenters. The van der Waals surface area contributed by atoms with Crippen LogP contribution in [-0.2, 0) is 0 Å². The van der Waals surface area contributed by atoms with Crippen molar-refractivity contribution < 1.29 is 0 Å². The Morgan fingerprint density at radius 3 is 2.67 bits per heavy atom. The molecule has 0 aromatic carbocycles. The molecule has 1 radical (unpaired) electrons. The summed E-state index contributed by atoms with van der Waals surface area (Å²) in [4.78, 5) is 0. The molecule has 0 fully saturated rings. The van der Waals surface area contributed by atoms with E-state index < -0.39 is 0 Å². The van der Waals surface area contributed by atoms with Gasteiger partial charge in [0.15, 0.2) is 0 Å². The Bertz CT molecular complexity index is 84.2. The molecular formula is C9H15. The number of hydrogen-bond acceptors (Lipinski definition) is 0. The molecule has 0 N–H and O–H groups in total. The van der Waals surface area contributed by atoms with Gasteiger partial charge in [0.05, 0.1) is 0 Å². The minimum Gasteiger partial charge on any atom is -0.0882 e. The largest absolute Gasteiger partial charge is 0.0882 e. The fourth-order valence-corrected chi connectivity index (χ4v) is 1.27. The fraction of sp³-hybridized carbons (Fsp3) is 0.667. The lowest BCUT2D eigenvalue weighted by Gasteiger charge is -2.05. The van der Waals surface area contributed by atoms with Gasteiger partial charge < -0.3 is 0 Å². The molecule has 0 heterocycles. The summed E-state index contributed by atoms with van der Waals surface area (Å²) in [5, 5.41) is 0. The van der Waals surface area contributed by atoms with Crippen LogP contribution in [0.5, 0.6) is 0 Å². The summed E-state index contributed by atoms with van der Waals surface area (Å²) in [7, 11) is 0. The second-order valence-electron chi connectivity index (χ2n) is 2.74. The zero-order valence-electron chi connectivity index (χ0n) is 6.14. The van der Waals surface area contributed by atoms with Gasteiger partial charge in [-0.1, -0.05) is 25.5 Å². The highest BCUT2D eigenvalue weighted by Crippen LogP contribution is 2.22. The lowest BCUT2D eigenvalue weighted by molar-refractivity contribution is 0.553. The van der Waals surface area contributed by atoms with Crippen LogP contribution in [0, 0.1) is 12.3 Å². The monoisotopic (exact) mass is 123 g/mol. The number of unbranched alkanes of at least 4 members (excludes halogenated alkanes) is 1. The quantitative estimate of drug-likeness (QED) is 0.506. The first-order valence-corrected chi connectivity index (χ1v) is 3.90. The van der Waals surface area contributed by atoms with E-state index in [1.807, 2.05) is 0 Å². The summed E-state index contributed by atoms with van der Waals surface area (Å²) in [5.41, 5.74) is 0. The van der Waals surface area contributed by atoms with Gasteiger partial charge >= 0.3 is 0 Å². The van der Waals surface area contributed by atoms with Crippen molar-refractivity contribution in [3.63, 3.8) is 0 Å². The van der Waals surface area contributed by atoms with Gasteiger partial charge in [0, 0.05) is 0 Å². The van der Waals surface area contributed by atoms with E-state index >= 15 is 0 Å². The van der Waals surface area contributed by atoms with Crippen molar-refractivity contribution in [2.45, 2.75) is 32.6 Å². The Labute approximate surface area is 58.0 Å². The van der Waals surface area contributed by atoms with Crippen molar-refractivity contribution in [1.82, 2.24) is 0 Å². The highest BCUT2D eigenvalue weighted by molar-refractivity contribution is 4.95. The van der Waals surface area contributed by atoms with E-state index in [4.69, 9.17) is 0 Å². The zero-order chi connectivity index (χ0) is 6.53. The molecule has 0 spiro atoms. The van der Waals surface area contributed by atoms with Crippen LogP contribution in [0.2, 0.25) is 0 Å². The maximum Gasteiger partial charge on any atom is -0.0319 e. The van der Waals surface area contributed by atoms with Crippen molar-refractivity contribution in [3.05, 3.63) is 18.6 Å². The molecule has 9 heavy (non-hydrogen) atoms. The van der Waals surface area contributed by atoms with Crippen molar-refractivity contribution >= 4 is 0 Å². The van der Waals surface area contributed by atoms with Crippen LogP contribution in [0.3, 0.4) is 0 Å². The fourth-order valence-electron chi connectivity index (χ4n) is 1.27. The predicted molar refractivity (Wildman–Crippen MR) is 41.1 cm³/mol. The second kappa shape index (κ2) is 3.71. The van der Waals surface area contributed by atoms with Crippen LogP contribution >= 0.6 is 0 Å². The first-order chi connectivity index (χ1) is 4.43. The van der Waals surface area contributed by atoms with Crippen LogP contribution in [-0.4, -0.2) is 0 Å². The third-order valence-electron chi connectivity index (χ3n) is 1.89. The Morgan fingerprint density at radius 2 is 2.11 bits per heavy atom. The lowest BCUT2D eigenvalue weighted by Crippen LogP contribution is -1.92. The minimum atomic E-state index is 0.949. The van der Waals surface area contributed by atoms with E-state index in [1.54, 1.807) is 0 Å². The number of allylic oxidation sites excluding steroid dienone is 2. The van der Waals surface area contributed by atoms with Gasteiger partial charge in [-0.2, -0.15) is 0 Å². The smallest absolute Gasteiger partial charge is 0.0319 e. The third kappa shape index (κ3) is 2.21. The Morgan fingerprint density at radius 1 is 1.44 bits per heavy atom. The van der Waals surface area contributed by atoms with Crippen molar-refractivity contribution in [2.75, 3.05) is 0 Å². The molecule has 0 bridgehead atoms. The van der Waals surface area contributed by atoms with Crippen LogP contribution < -0.4 is 0 Å².